The molecule has 1 aromatic carbocycles. The first-order valence-electron chi connectivity index (χ1n) is 13.9. The number of benzene rings is 1. The highest BCUT2D eigenvalue weighted by atomic mass is 19.1. The van der Waals surface area contributed by atoms with Gasteiger partial charge in [0.2, 0.25) is 5.91 Å². The summed E-state index contributed by atoms with van der Waals surface area (Å²) in [6.45, 7) is 4.12. The lowest BCUT2D eigenvalue weighted by Gasteiger charge is -2.36. The predicted molar refractivity (Wildman–Crippen MR) is 149 cm³/mol. The number of aromatic nitrogens is 3. The van der Waals surface area contributed by atoms with Gasteiger partial charge >= 0.3 is 12.1 Å². The molecule has 0 aliphatic carbocycles. The minimum atomic E-state index is -0.858. The van der Waals surface area contributed by atoms with Crippen LogP contribution < -0.4 is 15.1 Å². The Bertz CT molecular complexity index is 1530. The lowest BCUT2D eigenvalue weighted by atomic mass is 10.1. The molecule has 0 unspecified atom stereocenters. The Hall–Kier alpha value is -4.82. The number of anilines is 2. The van der Waals surface area contributed by atoms with Gasteiger partial charge in [-0.05, 0) is 20.3 Å². The van der Waals surface area contributed by atoms with E-state index in [-0.39, 0.29) is 76.0 Å². The number of halogens is 2. The van der Waals surface area contributed by atoms with E-state index in [1.807, 2.05) is 0 Å². The van der Waals surface area contributed by atoms with E-state index in [4.69, 9.17) is 9.47 Å². The molecular weight excluding hydrogens is 568 g/mol. The Morgan fingerprint density at radius 1 is 1.14 bits per heavy atom. The molecule has 5 rings (SSSR count). The van der Waals surface area contributed by atoms with Crippen LogP contribution in [0.5, 0.6) is 0 Å². The molecule has 3 amide bonds. The van der Waals surface area contributed by atoms with Crippen LogP contribution in [-0.4, -0.2) is 95.1 Å². The first-order chi connectivity index (χ1) is 20.7. The molecule has 0 saturated carbocycles. The van der Waals surface area contributed by atoms with Crippen molar-refractivity contribution in [2.45, 2.75) is 32.8 Å². The quantitative estimate of drug-likeness (QED) is 0.366. The van der Waals surface area contributed by atoms with Crippen LogP contribution >= 0.6 is 0 Å². The zero-order valence-electron chi connectivity index (χ0n) is 23.7. The van der Waals surface area contributed by atoms with Crippen molar-refractivity contribution < 1.29 is 37.4 Å². The second-order valence-electron chi connectivity index (χ2n) is 10.1. The number of ether oxygens (including phenoxy) is 2. The minimum absolute atomic E-state index is 0.00408. The molecule has 0 radical (unpaired) electrons. The second kappa shape index (κ2) is 12.6. The monoisotopic (exact) mass is 599 g/mol. The molecule has 2 saturated heterocycles. The molecule has 228 valence electrons. The molecule has 0 bridgehead atoms. The Kier molecular flexibility index (Phi) is 8.68. The van der Waals surface area contributed by atoms with E-state index in [9.17, 15) is 19.2 Å². The summed E-state index contributed by atoms with van der Waals surface area (Å²) in [7, 11) is 0. The maximum Gasteiger partial charge on any atom is 0.414 e. The van der Waals surface area contributed by atoms with Crippen LogP contribution in [0.25, 0.3) is 5.65 Å². The summed E-state index contributed by atoms with van der Waals surface area (Å²) in [6, 6.07) is 2.14. The number of cyclic esters (lactones) is 1. The first-order valence-corrected chi connectivity index (χ1v) is 13.9. The number of hydrogen-bond acceptors (Lipinski definition) is 9. The van der Waals surface area contributed by atoms with Crippen molar-refractivity contribution in [1.29, 1.82) is 0 Å². The number of aryl methyl sites for hydroxylation is 1. The van der Waals surface area contributed by atoms with Gasteiger partial charge in [0, 0.05) is 57.1 Å². The van der Waals surface area contributed by atoms with Gasteiger partial charge in [-0.3, -0.25) is 28.7 Å². The van der Waals surface area contributed by atoms with Crippen molar-refractivity contribution >= 4 is 40.9 Å². The van der Waals surface area contributed by atoms with Crippen molar-refractivity contribution in [3.63, 3.8) is 0 Å². The van der Waals surface area contributed by atoms with Crippen LogP contribution in [0, 0.1) is 18.6 Å². The summed E-state index contributed by atoms with van der Waals surface area (Å²) in [5.41, 5.74) is 1.06. The molecule has 2 aliphatic rings. The lowest BCUT2D eigenvalue weighted by Crippen LogP contribution is -2.51. The van der Waals surface area contributed by atoms with Crippen molar-refractivity contribution in [2.75, 3.05) is 55.7 Å². The third-order valence-corrected chi connectivity index (χ3v) is 7.33. The second-order valence-corrected chi connectivity index (χ2v) is 10.1. The van der Waals surface area contributed by atoms with E-state index in [1.54, 1.807) is 24.4 Å². The third kappa shape index (κ3) is 6.34. The number of nitrogens with one attached hydrogen (secondary N) is 1. The van der Waals surface area contributed by atoms with Gasteiger partial charge in [0.05, 0.1) is 37.3 Å². The van der Waals surface area contributed by atoms with E-state index in [1.165, 1.54) is 22.2 Å². The molecule has 2 aliphatic heterocycles. The fourth-order valence-corrected chi connectivity index (χ4v) is 5.23. The molecule has 2 fully saturated rings. The van der Waals surface area contributed by atoms with Crippen LogP contribution in [-0.2, 0) is 19.1 Å². The third-order valence-electron chi connectivity index (χ3n) is 7.33. The number of piperazine rings is 1. The largest absolute Gasteiger partial charge is 0.466 e. The molecule has 1 N–H and O–H groups in total. The molecular formula is C28H31F2N7O6. The van der Waals surface area contributed by atoms with Gasteiger partial charge in [-0.25, -0.2) is 18.6 Å². The molecule has 15 heteroatoms. The summed E-state index contributed by atoms with van der Waals surface area (Å²) in [5, 5.41) is 2.62. The highest BCUT2D eigenvalue weighted by Crippen LogP contribution is 2.32. The number of fused-ring (bicyclic) bond motifs is 1. The molecule has 0 spiro atoms. The van der Waals surface area contributed by atoms with E-state index in [0.29, 0.717) is 17.0 Å². The Balaban J connectivity index is 1.15. The van der Waals surface area contributed by atoms with E-state index >= 15 is 8.78 Å². The van der Waals surface area contributed by atoms with Crippen molar-refractivity contribution in [3.05, 3.63) is 53.7 Å². The molecule has 13 nitrogen and oxygen atoms in total. The fraction of sp³-hybridized carbons (Fsp3) is 0.429. The average molecular weight is 600 g/mol. The Morgan fingerprint density at radius 2 is 1.86 bits per heavy atom. The highest BCUT2D eigenvalue weighted by Gasteiger charge is 2.34. The van der Waals surface area contributed by atoms with E-state index in [0.717, 1.165) is 17.0 Å². The van der Waals surface area contributed by atoms with Gasteiger partial charge in [0.15, 0.2) is 17.3 Å². The maximum absolute atomic E-state index is 15.2. The standard InChI is InChI=1S/C28H31F2N7O6/c1-3-42-24(39)5-4-19-16-37(28(41)43-19)18-12-20(29)26(21(30)13-18)35-10-8-34(9-11-35)23(38)15-32-27(40)25-17(2)33-22-14-31-6-7-36(22)25/h6-7,12-14,19H,3-5,8-11,15-16H2,1-2H3,(H,32,40)/t19-/m0/s1. The topological polar surface area (TPSA) is 139 Å². The number of esters is 1. The first kappa shape index (κ1) is 29.7. The van der Waals surface area contributed by atoms with Gasteiger partial charge in [-0.2, -0.15) is 0 Å². The summed E-state index contributed by atoms with van der Waals surface area (Å²) in [6.07, 6.45) is 3.59. The Morgan fingerprint density at radius 3 is 2.56 bits per heavy atom. The van der Waals surface area contributed by atoms with Crippen LogP contribution in [0.15, 0.2) is 30.7 Å². The summed E-state index contributed by atoms with van der Waals surface area (Å²) in [5.74, 6) is -2.92. The fourth-order valence-electron chi connectivity index (χ4n) is 5.23. The van der Waals surface area contributed by atoms with E-state index < -0.39 is 35.7 Å². The van der Waals surface area contributed by atoms with Gasteiger partial charge in [0.1, 0.15) is 17.5 Å². The van der Waals surface area contributed by atoms with Gasteiger partial charge < -0.3 is 24.6 Å². The summed E-state index contributed by atoms with van der Waals surface area (Å²) >= 11 is 0. The number of imidazole rings is 1. The molecule has 43 heavy (non-hydrogen) atoms. The average Bonchev–Trinajstić information content (AvgIpc) is 3.53. The van der Waals surface area contributed by atoms with Gasteiger partial charge in [-0.1, -0.05) is 0 Å². The number of carbonyl (C=O) groups excluding carboxylic acids is 4. The van der Waals surface area contributed by atoms with Crippen LogP contribution in [0.4, 0.5) is 25.0 Å². The highest BCUT2D eigenvalue weighted by molar-refractivity contribution is 5.97. The number of nitrogens with zero attached hydrogens (tertiary/aromatic N) is 6. The van der Waals surface area contributed by atoms with E-state index in [2.05, 4.69) is 15.3 Å². The Labute approximate surface area is 245 Å². The molecule has 4 heterocycles. The van der Waals surface area contributed by atoms with Gasteiger partial charge in [0.25, 0.3) is 5.91 Å². The minimum Gasteiger partial charge on any atom is -0.466 e. The lowest BCUT2D eigenvalue weighted by molar-refractivity contribution is -0.143. The predicted octanol–water partition coefficient (Wildman–Crippen LogP) is 2.06. The zero-order valence-corrected chi connectivity index (χ0v) is 23.7. The van der Waals surface area contributed by atoms with Crippen molar-refractivity contribution in [2.24, 2.45) is 0 Å². The maximum atomic E-state index is 15.2. The molecule has 3 aromatic rings. The van der Waals surface area contributed by atoms with Crippen LogP contribution in [0.3, 0.4) is 0 Å². The SMILES string of the molecule is CCOC(=O)CC[C@H]1CN(c2cc(F)c(N3CCN(C(=O)CNC(=O)c4c(C)nc5cnccn45)CC3)c(F)c2)C(=O)O1. The summed E-state index contributed by atoms with van der Waals surface area (Å²) in [4.78, 5) is 62.0. The van der Waals surface area contributed by atoms with Crippen molar-refractivity contribution in [3.8, 4) is 0 Å². The normalized spacial score (nSPS) is 16.9. The van der Waals surface area contributed by atoms with Gasteiger partial charge in [-0.15, -0.1) is 0 Å². The number of carbonyl (C=O) groups is 4. The number of rotatable bonds is 9. The number of hydrogen-bond donors (Lipinski definition) is 1. The summed E-state index contributed by atoms with van der Waals surface area (Å²) < 4.78 is 42.1. The zero-order chi connectivity index (χ0) is 30.7. The van der Waals surface area contributed by atoms with Crippen LogP contribution in [0.1, 0.15) is 35.9 Å². The molecule has 2 aromatic heterocycles. The number of amides is 3. The smallest absolute Gasteiger partial charge is 0.414 e. The molecule has 1 atom stereocenters. The van der Waals surface area contributed by atoms with Crippen LogP contribution in [0.2, 0.25) is 0 Å². The van der Waals surface area contributed by atoms with Crippen molar-refractivity contribution in [1.82, 2.24) is 24.6 Å².